The van der Waals surface area contributed by atoms with Gasteiger partial charge in [-0.2, -0.15) is 0 Å². The smallest absolute Gasteiger partial charge is 0.313 e. The predicted molar refractivity (Wildman–Crippen MR) is 98.9 cm³/mol. The summed E-state index contributed by atoms with van der Waals surface area (Å²) in [7, 11) is 1.61. The second-order valence-corrected chi connectivity index (χ2v) is 7.31. The molecule has 1 aliphatic heterocycles. The largest absolute Gasteiger partial charge is 0.453 e. The van der Waals surface area contributed by atoms with Gasteiger partial charge in [-0.15, -0.1) is 0 Å². The van der Waals surface area contributed by atoms with E-state index in [-0.39, 0.29) is 22.6 Å². The fourth-order valence-corrected chi connectivity index (χ4v) is 3.95. The molecule has 3 amide bonds. The first kappa shape index (κ1) is 17.6. The van der Waals surface area contributed by atoms with Gasteiger partial charge in [0.15, 0.2) is 5.75 Å². The molecule has 4 rings (SSSR count). The zero-order valence-electron chi connectivity index (χ0n) is 14.7. The lowest BCUT2D eigenvalue weighted by Gasteiger charge is -2.33. The Kier molecular flexibility index (Phi) is 3.82. The van der Waals surface area contributed by atoms with Crippen LogP contribution in [0.15, 0.2) is 30.3 Å². The molecule has 0 bridgehead atoms. The minimum absolute atomic E-state index is 0.164. The number of aryl methyl sites for hydroxylation is 1. The summed E-state index contributed by atoms with van der Waals surface area (Å²) in [6.07, 6.45) is 0.468. The molecule has 0 aromatic heterocycles. The van der Waals surface area contributed by atoms with Crippen molar-refractivity contribution in [3.05, 3.63) is 52.3 Å². The summed E-state index contributed by atoms with van der Waals surface area (Å²) in [5, 5.41) is 2.85. The SMILES string of the molecule is Cc1ccc2c(c1Oc1cc(F)ccc1Cl)N(C)C(=O)C1(NC(N)=O)CC21. The lowest BCUT2D eigenvalue weighted by atomic mass is 9.95. The van der Waals surface area contributed by atoms with E-state index in [1.165, 1.54) is 23.1 Å². The number of ether oxygens (including phenoxy) is 1. The molecule has 1 saturated carbocycles. The van der Waals surface area contributed by atoms with Crippen LogP contribution in [0.3, 0.4) is 0 Å². The molecule has 0 saturated heterocycles. The molecular weight excluding hydrogens is 373 g/mol. The van der Waals surface area contributed by atoms with E-state index < -0.39 is 17.4 Å². The second-order valence-electron chi connectivity index (χ2n) is 6.91. The normalized spacial score (nSPS) is 22.7. The van der Waals surface area contributed by atoms with E-state index in [1.54, 1.807) is 7.05 Å². The van der Waals surface area contributed by atoms with Crippen LogP contribution < -0.4 is 20.7 Å². The standard InChI is InChI=1S/C19H17ClFN3O3/c1-9-3-5-11-12-8-19(12,23-18(22)26)17(25)24(2)15(11)16(9)27-14-7-10(21)4-6-13(14)20/h3-7,12H,8H2,1-2H3,(H3,22,23,26). The topological polar surface area (TPSA) is 84.7 Å². The molecule has 1 fully saturated rings. The highest BCUT2D eigenvalue weighted by Crippen LogP contribution is 2.60. The van der Waals surface area contributed by atoms with Crippen LogP contribution in [-0.4, -0.2) is 24.5 Å². The molecule has 140 valence electrons. The molecule has 0 radical (unpaired) electrons. The summed E-state index contributed by atoms with van der Waals surface area (Å²) in [6.45, 7) is 1.83. The van der Waals surface area contributed by atoms with Crippen molar-refractivity contribution >= 4 is 29.2 Å². The van der Waals surface area contributed by atoms with Gasteiger partial charge in [0, 0.05) is 19.0 Å². The van der Waals surface area contributed by atoms with Crippen molar-refractivity contribution in [2.45, 2.75) is 24.8 Å². The van der Waals surface area contributed by atoms with Crippen molar-refractivity contribution in [1.29, 1.82) is 0 Å². The van der Waals surface area contributed by atoms with E-state index in [4.69, 9.17) is 22.1 Å². The maximum absolute atomic E-state index is 13.6. The summed E-state index contributed by atoms with van der Waals surface area (Å²) in [4.78, 5) is 25.7. The fraction of sp³-hybridized carbons (Fsp3) is 0.263. The van der Waals surface area contributed by atoms with Crippen LogP contribution in [0.2, 0.25) is 5.02 Å². The molecule has 3 N–H and O–H groups in total. The zero-order valence-corrected chi connectivity index (χ0v) is 15.4. The molecule has 6 nitrogen and oxygen atoms in total. The number of nitrogens with two attached hydrogens (primary N) is 1. The molecular formula is C19H17ClFN3O3. The number of halogens is 2. The van der Waals surface area contributed by atoms with Crippen molar-refractivity contribution in [2.75, 3.05) is 11.9 Å². The van der Waals surface area contributed by atoms with E-state index in [1.807, 2.05) is 19.1 Å². The third kappa shape index (κ3) is 2.61. The summed E-state index contributed by atoms with van der Waals surface area (Å²) in [6, 6.07) is 6.88. The molecule has 2 atom stereocenters. The number of hydrogen-bond acceptors (Lipinski definition) is 3. The van der Waals surface area contributed by atoms with Gasteiger partial charge in [-0.05, 0) is 36.6 Å². The highest BCUT2D eigenvalue weighted by Gasteiger charge is 2.66. The van der Waals surface area contributed by atoms with Crippen LogP contribution in [0.4, 0.5) is 14.9 Å². The number of primary amides is 1. The molecule has 1 aliphatic carbocycles. The number of amides is 3. The van der Waals surface area contributed by atoms with E-state index in [2.05, 4.69) is 5.32 Å². The fourth-order valence-electron chi connectivity index (χ4n) is 3.80. The third-order valence-corrected chi connectivity index (χ3v) is 5.48. The van der Waals surface area contributed by atoms with Gasteiger partial charge in [-0.1, -0.05) is 23.7 Å². The Bertz CT molecular complexity index is 996. The number of likely N-dealkylation sites (N-methyl/N-ethyl adjacent to an activating group) is 1. The van der Waals surface area contributed by atoms with Crippen molar-refractivity contribution in [3.8, 4) is 11.5 Å². The Morgan fingerprint density at radius 3 is 2.85 bits per heavy atom. The van der Waals surface area contributed by atoms with Crippen LogP contribution in [0.25, 0.3) is 0 Å². The molecule has 2 aromatic carbocycles. The van der Waals surface area contributed by atoms with E-state index >= 15 is 0 Å². The lowest BCUT2D eigenvalue weighted by molar-refractivity contribution is -0.121. The molecule has 1 heterocycles. The predicted octanol–water partition coefficient (Wildman–Crippen LogP) is 3.45. The molecule has 2 aliphatic rings. The minimum atomic E-state index is -1.00. The Hall–Kier alpha value is -2.80. The summed E-state index contributed by atoms with van der Waals surface area (Å²) in [5.74, 6) is -0.338. The maximum Gasteiger partial charge on any atom is 0.313 e. The number of urea groups is 1. The summed E-state index contributed by atoms with van der Waals surface area (Å²) < 4.78 is 19.6. The number of fused-ring (bicyclic) bond motifs is 3. The number of benzene rings is 2. The quantitative estimate of drug-likeness (QED) is 0.843. The Labute approximate surface area is 160 Å². The number of nitrogens with one attached hydrogen (secondary N) is 1. The number of anilines is 1. The number of rotatable bonds is 3. The van der Waals surface area contributed by atoms with Gasteiger partial charge in [-0.3, -0.25) is 4.79 Å². The first-order valence-electron chi connectivity index (χ1n) is 8.37. The lowest BCUT2D eigenvalue weighted by Crippen LogP contribution is -2.54. The molecule has 8 heteroatoms. The molecule has 2 unspecified atom stereocenters. The van der Waals surface area contributed by atoms with Gasteiger partial charge in [0.25, 0.3) is 5.91 Å². The third-order valence-electron chi connectivity index (χ3n) is 5.17. The maximum atomic E-state index is 13.6. The highest BCUT2D eigenvalue weighted by atomic mass is 35.5. The Balaban J connectivity index is 1.81. The zero-order chi connectivity index (χ0) is 19.5. The van der Waals surface area contributed by atoms with Gasteiger partial charge >= 0.3 is 6.03 Å². The molecule has 2 aromatic rings. The summed E-state index contributed by atoms with van der Waals surface area (Å²) >= 11 is 6.13. The summed E-state index contributed by atoms with van der Waals surface area (Å²) in [5.41, 5.74) is 6.47. The number of carbonyl (C=O) groups excluding carboxylic acids is 2. The van der Waals surface area contributed by atoms with E-state index in [0.717, 1.165) is 11.1 Å². The number of carbonyl (C=O) groups is 2. The monoisotopic (exact) mass is 389 g/mol. The molecule has 27 heavy (non-hydrogen) atoms. The average Bonchev–Trinajstić information content (AvgIpc) is 3.32. The van der Waals surface area contributed by atoms with Crippen molar-refractivity contribution in [3.63, 3.8) is 0 Å². The van der Waals surface area contributed by atoms with Gasteiger partial charge < -0.3 is 20.7 Å². The first-order chi connectivity index (χ1) is 12.7. The van der Waals surface area contributed by atoms with E-state index in [9.17, 15) is 14.0 Å². The van der Waals surface area contributed by atoms with Crippen LogP contribution in [0.5, 0.6) is 11.5 Å². The van der Waals surface area contributed by atoms with E-state index in [0.29, 0.717) is 17.9 Å². The van der Waals surface area contributed by atoms with Crippen molar-refractivity contribution in [1.82, 2.24) is 5.32 Å². The van der Waals surface area contributed by atoms with Crippen LogP contribution in [0.1, 0.15) is 23.5 Å². The van der Waals surface area contributed by atoms with Crippen LogP contribution in [0, 0.1) is 12.7 Å². The second kappa shape index (κ2) is 5.85. The van der Waals surface area contributed by atoms with Crippen LogP contribution in [-0.2, 0) is 4.79 Å². The number of nitrogens with zero attached hydrogens (tertiary/aromatic N) is 1. The average molecular weight is 390 g/mol. The van der Waals surface area contributed by atoms with Crippen molar-refractivity contribution in [2.24, 2.45) is 5.73 Å². The number of hydrogen-bond donors (Lipinski definition) is 2. The first-order valence-corrected chi connectivity index (χ1v) is 8.74. The molecule has 0 spiro atoms. The van der Waals surface area contributed by atoms with Gasteiger partial charge in [0.2, 0.25) is 0 Å². The van der Waals surface area contributed by atoms with Crippen LogP contribution >= 0.6 is 11.6 Å². The Morgan fingerprint density at radius 2 is 2.15 bits per heavy atom. The Morgan fingerprint density at radius 1 is 1.41 bits per heavy atom. The van der Waals surface area contributed by atoms with Gasteiger partial charge in [0.05, 0.1) is 10.7 Å². The minimum Gasteiger partial charge on any atom is -0.453 e. The van der Waals surface area contributed by atoms with Gasteiger partial charge in [-0.25, -0.2) is 9.18 Å². The van der Waals surface area contributed by atoms with Crippen molar-refractivity contribution < 1.29 is 18.7 Å². The van der Waals surface area contributed by atoms with Gasteiger partial charge in [0.1, 0.15) is 17.1 Å². The highest BCUT2D eigenvalue weighted by molar-refractivity contribution is 6.32.